The molecular formula is C16H11NO3S. The molecule has 0 bridgehead atoms. The molecule has 21 heavy (non-hydrogen) atoms. The maximum absolute atomic E-state index is 12.1. The molecule has 1 aromatic heterocycles. The number of H-pyrrole nitrogens is 1. The van der Waals surface area contributed by atoms with E-state index in [1.165, 1.54) is 11.8 Å². The SMILES string of the molecule is O=Cc1ccc2c(O)c(Sc3ccccc3)c(=O)[nH]c2c1. The van der Waals surface area contributed by atoms with Gasteiger partial charge in [-0.1, -0.05) is 36.0 Å². The molecule has 0 aliphatic heterocycles. The first-order valence-electron chi connectivity index (χ1n) is 6.26. The topological polar surface area (TPSA) is 70.2 Å². The fraction of sp³-hybridized carbons (Fsp3) is 0. The van der Waals surface area contributed by atoms with Crippen molar-refractivity contribution in [3.63, 3.8) is 0 Å². The van der Waals surface area contributed by atoms with Crippen molar-refractivity contribution in [3.8, 4) is 5.75 Å². The third kappa shape index (κ3) is 2.55. The summed E-state index contributed by atoms with van der Waals surface area (Å²) in [4.78, 5) is 26.7. The first-order chi connectivity index (χ1) is 10.2. The zero-order valence-electron chi connectivity index (χ0n) is 10.9. The van der Waals surface area contributed by atoms with Gasteiger partial charge < -0.3 is 10.1 Å². The lowest BCUT2D eigenvalue weighted by Crippen LogP contribution is -2.08. The highest BCUT2D eigenvalue weighted by Crippen LogP contribution is 2.35. The first kappa shape index (κ1) is 13.5. The van der Waals surface area contributed by atoms with Crippen LogP contribution in [0.4, 0.5) is 0 Å². The van der Waals surface area contributed by atoms with Crippen LogP contribution in [0.25, 0.3) is 10.9 Å². The molecule has 0 fully saturated rings. The molecule has 3 rings (SSSR count). The fourth-order valence-electron chi connectivity index (χ4n) is 2.06. The first-order valence-corrected chi connectivity index (χ1v) is 7.08. The van der Waals surface area contributed by atoms with Crippen LogP contribution in [0.1, 0.15) is 10.4 Å². The van der Waals surface area contributed by atoms with Crippen LogP contribution >= 0.6 is 11.8 Å². The van der Waals surface area contributed by atoms with E-state index in [2.05, 4.69) is 4.98 Å². The number of hydrogen-bond acceptors (Lipinski definition) is 4. The molecule has 0 unspecified atom stereocenters. The summed E-state index contributed by atoms with van der Waals surface area (Å²) in [6, 6.07) is 14.1. The molecule has 1 heterocycles. The van der Waals surface area contributed by atoms with Crippen LogP contribution < -0.4 is 5.56 Å². The van der Waals surface area contributed by atoms with Crippen molar-refractivity contribution in [1.29, 1.82) is 0 Å². The van der Waals surface area contributed by atoms with Gasteiger partial charge in [-0.25, -0.2) is 0 Å². The number of aromatic nitrogens is 1. The van der Waals surface area contributed by atoms with Crippen molar-refractivity contribution >= 4 is 29.0 Å². The molecule has 0 radical (unpaired) electrons. The Kier molecular flexibility index (Phi) is 3.50. The second-order valence-corrected chi connectivity index (χ2v) is 5.55. The molecule has 104 valence electrons. The van der Waals surface area contributed by atoms with Gasteiger partial charge in [0.05, 0.1) is 5.52 Å². The zero-order valence-corrected chi connectivity index (χ0v) is 11.7. The highest BCUT2D eigenvalue weighted by molar-refractivity contribution is 7.99. The summed E-state index contributed by atoms with van der Waals surface area (Å²) in [6.45, 7) is 0. The highest BCUT2D eigenvalue weighted by atomic mass is 32.2. The van der Waals surface area contributed by atoms with Crippen molar-refractivity contribution < 1.29 is 9.90 Å². The van der Waals surface area contributed by atoms with Crippen molar-refractivity contribution in [2.75, 3.05) is 0 Å². The lowest BCUT2D eigenvalue weighted by molar-refractivity contribution is 0.112. The van der Waals surface area contributed by atoms with Crippen LogP contribution in [0.3, 0.4) is 0 Å². The Bertz CT molecular complexity index is 872. The van der Waals surface area contributed by atoms with Gasteiger partial charge in [0, 0.05) is 15.8 Å². The van der Waals surface area contributed by atoms with E-state index in [1.54, 1.807) is 18.2 Å². The number of hydrogen-bond donors (Lipinski definition) is 2. The van der Waals surface area contributed by atoms with Crippen molar-refractivity contribution in [2.45, 2.75) is 9.79 Å². The number of carbonyl (C=O) groups excluding carboxylic acids is 1. The largest absolute Gasteiger partial charge is 0.506 e. The molecule has 0 aliphatic rings. The fourth-order valence-corrected chi connectivity index (χ4v) is 2.93. The smallest absolute Gasteiger partial charge is 0.266 e. The average Bonchev–Trinajstić information content (AvgIpc) is 2.52. The van der Waals surface area contributed by atoms with Gasteiger partial charge in [-0.3, -0.25) is 9.59 Å². The number of nitrogens with one attached hydrogen (secondary N) is 1. The molecule has 0 aliphatic carbocycles. The van der Waals surface area contributed by atoms with Gasteiger partial charge in [0.1, 0.15) is 16.9 Å². The lowest BCUT2D eigenvalue weighted by Gasteiger charge is -2.07. The number of rotatable bonds is 3. The van der Waals surface area contributed by atoms with Crippen LogP contribution in [0.15, 0.2) is 63.1 Å². The summed E-state index contributed by atoms with van der Waals surface area (Å²) < 4.78 is 0. The van der Waals surface area contributed by atoms with Gasteiger partial charge in [0.15, 0.2) is 0 Å². The Hall–Kier alpha value is -2.53. The molecule has 3 aromatic rings. The predicted molar refractivity (Wildman–Crippen MR) is 82.2 cm³/mol. The molecule has 5 heteroatoms. The Morgan fingerprint density at radius 3 is 2.57 bits per heavy atom. The van der Waals surface area contributed by atoms with Crippen molar-refractivity contribution in [1.82, 2.24) is 4.98 Å². The lowest BCUT2D eigenvalue weighted by atomic mass is 10.1. The second kappa shape index (κ2) is 5.46. The van der Waals surface area contributed by atoms with Crippen LogP contribution in [-0.4, -0.2) is 16.4 Å². The van der Waals surface area contributed by atoms with Crippen LogP contribution in [0.5, 0.6) is 5.75 Å². The van der Waals surface area contributed by atoms with E-state index in [0.717, 1.165) is 4.90 Å². The summed E-state index contributed by atoms with van der Waals surface area (Å²) in [6.07, 6.45) is 0.696. The molecule has 2 N–H and O–H groups in total. The van der Waals surface area contributed by atoms with E-state index in [-0.39, 0.29) is 16.2 Å². The minimum atomic E-state index is -0.378. The van der Waals surface area contributed by atoms with E-state index in [1.807, 2.05) is 30.3 Å². The minimum Gasteiger partial charge on any atom is -0.506 e. The van der Waals surface area contributed by atoms with E-state index >= 15 is 0 Å². The Morgan fingerprint density at radius 1 is 1.10 bits per heavy atom. The third-order valence-electron chi connectivity index (χ3n) is 3.07. The van der Waals surface area contributed by atoms with Gasteiger partial charge in [-0.15, -0.1) is 0 Å². The quantitative estimate of drug-likeness (QED) is 0.728. The molecule has 2 aromatic carbocycles. The third-order valence-corrected chi connectivity index (χ3v) is 4.16. The van der Waals surface area contributed by atoms with Gasteiger partial charge >= 0.3 is 0 Å². The second-order valence-electron chi connectivity index (χ2n) is 4.47. The maximum Gasteiger partial charge on any atom is 0.266 e. The Balaban J connectivity index is 2.16. The number of pyridine rings is 1. The standard InChI is InChI=1S/C16H11NO3S/c18-9-10-6-7-12-13(8-10)17-16(20)15(14(12)19)21-11-4-2-1-3-5-11/h1-9H,(H2,17,19,20). The Labute approximate surface area is 124 Å². The molecule has 0 spiro atoms. The molecule has 4 nitrogen and oxygen atoms in total. The van der Waals surface area contributed by atoms with Gasteiger partial charge in [0.2, 0.25) is 0 Å². The van der Waals surface area contributed by atoms with E-state index < -0.39 is 0 Å². The summed E-state index contributed by atoms with van der Waals surface area (Å²) in [7, 11) is 0. The Morgan fingerprint density at radius 2 is 1.86 bits per heavy atom. The monoisotopic (exact) mass is 297 g/mol. The van der Waals surface area contributed by atoms with Gasteiger partial charge in [0.25, 0.3) is 5.56 Å². The number of fused-ring (bicyclic) bond motifs is 1. The number of aldehydes is 1. The van der Waals surface area contributed by atoms with Crippen molar-refractivity contribution in [2.24, 2.45) is 0 Å². The predicted octanol–water partition coefficient (Wildman–Crippen LogP) is 3.20. The maximum atomic E-state index is 12.1. The summed E-state index contributed by atoms with van der Waals surface area (Å²) in [5.74, 6) is -0.0694. The number of benzene rings is 2. The van der Waals surface area contributed by atoms with E-state index in [9.17, 15) is 14.7 Å². The highest BCUT2D eigenvalue weighted by Gasteiger charge is 2.13. The average molecular weight is 297 g/mol. The molecule has 0 amide bonds. The number of aromatic hydroxyl groups is 1. The zero-order chi connectivity index (χ0) is 14.8. The minimum absolute atomic E-state index is 0.0694. The normalized spacial score (nSPS) is 10.7. The van der Waals surface area contributed by atoms with E-state index in [4.69, 9.17) is 0 Å². The summed E-state index contributed by atoms with van der Waals surface area (Å²) in [5, 5.41) is 10.8. The van der Waals surface area contributed by atoms with Crippen LogP contribution in [0, 0.1) is 0 Å². The molecule has 0 saturated heterocycles. The summed E-state index contributed by atoms with van der Waals surface area (Å²) >= 11 is 1.20. The number of aromatic amines is 1. The van der Waals surface area contributed by atoms with E-state index in [0.29, 0.717) is 22.8 Å². The summed E-state index contributed by atoms with van der Waals surface area (Å²) in [5.41, 5.74) is 0.512. The van der Waals surface area contributed by atoms with Gasteiger partial charge in [-0.2, -0.15) is 0 Å². The van der Waals surface area contributed by atoms with Crippen LogP contribution in [0.2, 0.25) is 0 Å². The van der Waals surface area contributed by atoms with Crippen LogP contribution in [-0.2, 0) is 0 Å². The molecule has 0 saturated carbocycles. The molecular weight excluding hydrogens is 286 g/mol. The van der Waals surface area contributed by atoms with Gasteiger partial charge in [-0.05, 0) is 24.3 Å². The number of carbonyl (C=O) groups is 1. The molecule has 0 atom stereocenters. The van der Waals surface area contributed by atoms with Crippen molar-refractivity contribution in [3.05, 3.63) is 64.4 Å².